The summed E-state index contributed by atoms with van der Waals surface area (Å²) in [4.78, 5) is 0. The molecule has 4 aliphatic rings. The van der Waals surface area contributed by atoms with Gasteiger partial charge < -0.3 is 0 Å². The van der Waals surface area contributed by atoms with E-state index in [4.69, 9.17) is 0 Å². The summed E-state index contributed by atoms with van der Waals surface area (Å²) in [6.45, 7) is 0. The molecule has 0 saturated carbocycles. The van der Waals surface area contributed by atoms with Crippen LogP contribution in [0.2, 0.25) is 0 Å². The van der Waals surface area contributed by atoms with Crippen molar-refractivity contribution in [3.05, 3.63) is 180 Å². The summed E-state index contributed by atoms with van der Waals surface area (Å²) >= 11 is 0. The second kappa shape index (κ2) is 12.6. The van der Waals surface area contributed by atoms with Crippen LogP contribution < -0.4 is 31.8 Å². The third-order valence-electron chi connectivity index (χ3n) is 8.20. The summed E-state index contributed by atoms with van der Waals surface area (Å²) in [7, 11) is -1.26. The van der Waals surface area contributed by atoms with Crippen LogP contribution in [0.1, 0.15) is 22.3 Å². The van der Waals surface area contributed by atoms with Gasteiger partial charge in [0.15, 0.2) is 0 Å². The summed E-state index contributed by atoms with van der Waals surface area (Å²) in [6, 6.07) is 59.3. The summed E-state index contributed by atoms with van der Waals surface area (Å²) in [6.07, 6.45) is 4.17. The lowest BCUT2D eigenvalue weighted by Gasteiger charge is -2.26. The molecule has 0 aromatic heterocycles. The van der Waals surface area contributed by atoms with Crippen LogP contribution >= 0.6 is 15.8 Å². The van der Waals surface area contributed by atoms with E-state index in [2.05, 4.69) is 158 Å². The Morgan fingerprint density at radius 1 is 0.310 bits per heavy atom. The lowest BCUT2D eigenvalue weighted by molar-refractivity contribution is 0.933. The number of aryl methyl sites for hydroxylation is 4. The van der Waals surface area contributed by atoms with Gasteiger partial charge >= 0.3 is 0 Å². The van der Waals surface area contributed by atoms with E-state index in [0.29, 0.717) is 0 Å². The molecular formula is C40H34P2. The van der Waals surface area contributed by atoms with Crippen LogP contribution in [0, 0.1) is 0 Å². The normalized spacial score (nSPS) is 12.8. The minimum absolute atomic E-state index is 0.630. The second-order valence-corrected chi connectivity index (χ2v) is 15.3. The number of rotatable bonds is 6. The highest BCUT2D eigenvalue weighted by molar-refractivity contribution is 7.80. The highest BCUT2D eigenvalue weighted by atomic mass is 31.1. The Morgan fingerprint density at radius 3 is 0.929 bits per heavy atom. The molecule has 4 aliphatic carbocycles. The van der Waals surface area contributed by atoms with E-state index in [0.717, 1.165) is 25.7 Å². The van der Waals surface area contributed by atoms with E-state index in [-0.39, 0.29) is 0 Å². The Balaban J connectivity index is 1.31. The molecule has 0 atom stereocenters. The average molecular weight is 577 g/mol. The van der Waals surface area contributed by atoms with Crippen molar-refractivity contribution >= 4 is 47.7 Å². The van der Waals surface area contributed by atoms with Crippen molar-refractivity contribution in [3.63, 3.8) is 0 Å². The van der Waals surface area contributed by atoms with Crippen LogP contribution in [0.4, 0.5) is 0 Å². The summed E-state index contributed by atoms with van der Waals surface area (Å²) in [5, 5.41) is 8.73. The van der Waals surface area contributed by atoms with Gasteiger partial charge in [-0.2, -0.15) is 0 Å². The summed E-state index contributed by atoms with van der Waals surface area (Å²) in [5.74, 6) is 0. The van der Waals surface area contributed by atoms with Gasteiger partial charge in [-0.15, -0.1) is 0 Å². The van der Waals surface area contributed by atoms with Crippen LogP contribution in [0.3, 0.4) is 0 Å². The first kappa shape index (κ1) is 27.0. The lowest BCUT2D eigenvalue weighted by Crippen LogP contribution is -2.26. The lowest BCUT2D eigenvalue weighted by atomic mass is 9.96. The predicted molar refractivity (Wildman–Crippen MR) is 185 cm³/mol. The number of benzene rings is 6. The SMILES string of the molecule is c1ccc(P(c2ccccc2)c2cc3ccc2CCc2ccc(c(P(c4ccccc4)c4ccccc4)c2)CC3)cc1. The van der Waals surface area contributed by atoms with Crippen molar-refractivity contribution in [1.29, 1.82) is 0 Å². The largest absolute Gasteiger partial charge is 0.0622 e. The van der Waals surface area contributed by atoms with E-state index in [9.17, 15) is 0 Å². The Bertz CT molecular complexity index is 1550. The van der Waals surface area contributed by atoms with Gasteiger partial charge in [-0.3, -0.25) is 0 Å². The van der Waals surface area contributed by atoms with Gasteiger partial charge in [0.2, 0.25) is 0 Å². The quantitative estimate of drug-likeness (QED) is 0.186. The molecule has 0 N–H and O–H groups in total. The molecule has 0 heterocycles. The zero-order chi connectivity index (χ0) is 28.1. The molecule has 10 rings (SSSR count). The molecule has 0 saturated heterocycles. The van der Waals surface area contributed by atoms with E-state index in [1.165, 1.54) is 54.1 Å². The molecule has 6 aromatic rings. The van der Waals surface area contributed by atoms with Crippen molar-refractivity contribution in [2.75, 3.05) is 0 Å². The molecule has 2 heteroatoms. The summed E-state index contributed by atoms with van der Waals surface area (Å²) < 4.78 is 0. The summed E-state index contributed by atoms with van der Waals surface area (Å²) in [5.41, 5.74) is 5.84. The van der Waals surface area contributed by atoms with E-state index >= 15 is 0 Å². The molecule has 204 valence electrons. The van der Waals surface area contributed by atoms with Gasteiger partial charge in [0, 0.05) is 0 Å². The molecule has 0 radical (unpaired) electrons. The molecule has 0 spiro atoms. The maximum Gasteiger partial charge on any atom is -0.0116 e. The molecule has 6 aromatic carbocycles. The van der Waals surface area contributed by atoms with Crippen molar-refractivity contribution in [1.82, 2.24) is 0 Å². The first-order chi connectivity index (χ1) is 20.8. The van der Waals surface area contributed by atoms with Gasteiger partial charge in [0.05, 0.1) is 0 Å². The topological polar surface area (TPSA) is 0 Å². The number of hydrogen-bond acceptors (Lipinski definition) is 0. The third kappa shape index (κ3) is 5.76. The average Bonchev–Trinajstić information content (AvgIpc) is 3.05. The van der Waals surface area contributed by atoms with Gasteiger partial charge in [0.1, 0.15) is 0 Å². The fourth-order valence-corrected chi connectivity index (χ4v) is 11.2. The van der Waals surface area contributed by atoms with Gasteiger partial charge in [-0.05, 0) is 95.6 Å². The van der Waals surface area contributed by atoms with Gasteiger partial charge in [-0.1, -0.05) is 158 Å². The Hall–Kier alpha value is -3.82. The van der Waals surface area contributed by atoms with Crippen LogP contribution in [0.25, 0.3) is 0 Å². The smallest absolute Gasteiger partial charge is 0.0116 e. The molecule has 4 bridgehead atoms. The Kier molecular flexibility index (Phi) is 8.10. The van der Waals surface area contributed by atoms with Crippen molar-refractivity contribution < 1.29 is 0 Å². The molecule has 0 amide bonds. The maximum absolute atomic E-state index is 2.55. The molecule has 0 aliphatic heterocycles. The van der Waals surface area contributed by atoms with E-state index in [1.54, 1.807) is 0 Å². The standard InChI is InChI=1S/C40H34P2/c1-5-13-35(14-6-1)41(36-15-7-2-8-16-36)39-29-31-21-25-33(39)27-23-32-22-26-34(28-24-31)40(30-32)42(37-17-9-3-10-18-37)38-19-11-4-12-20-38/h1-22,25-26,29-30H,23-24,27-28H2. The zero-order valence-corrected chi connectivity index (χ0v) is 25.5. The minimum atomic E-state index is -0.630. The second-order valence-electron chi connectivity index (χ2n) is 10.9. The third-order valence-corrected chi connectivity index (χ3v) is 13.3. The van der Waals surface area contributed by atoms with Crippen LogP contribution in [-0.2, 0) is 25.7 Å². The van der Waals surface area contributed by atoms with Crippen molar-refractivity contribution in [2.45, 2.75) is 25.7 Å². The Labute approximate surface area is 252 Å². The van der Waals surface area contributed by atoms with Crippen LogP contribution in [0.5, 0.6) is 0 Å². The molecule has 0 unspecified atom stereocenters. The van der Waals surface area contributed by atoms with Crippen LogP contribution in [0.15, 0.2) is 158 Å². The Morgan fingerprint density at radius 2 is 0.619 bits per heavy atom. The predicted octanol–water partition coefficient (Wildman–Crippen LogP) is 7.09. The fourth-order valence-electron chi connectivity index (χ4n) is 6.09. The van der Waals surface area contributed by atoms with E-state index in [1.807, 2.05) is 0 Å². The van der Waals surface area contributed by atoms with Crippen LogP contribution in [-0.4, -0.2) is 0 Å². The minimum Gasteiger partial charge on any atom is -0.0622 e. The van der Waals surface area contributed by atoms with Crippen molar-refractivity contribution in [3.8, 4) is 0 Å². The molecule has 42 heavy (non-hydrogen) atoms. The zero-order valence-electron chi connectivity index (χ0n) is 23.7. The molecule has 0 fully saturated rings. The first-order valence-electron chi connectivity index (χ1n) is 14.9. The maximum atomic E-state index is 2.55. The van der Waals surface area contributed by atoms with Crippen molar-refractivity contribution in [2.24, 2.45) is 0 Å². The number of hydrogen-bond donors (Lipinski definition) is 0. The van der Waals surface area contributed by atoms with Gasteiger partial charge in [-0.25, -0.2) is 0 Å². The van der Waals surface area contributed by atoms with E-state index < -0.39 is 15.8 Å². The molecular weight excluding hydrogens is 542 g/mol. The van der Waals surface area contributed by atoms with Gasteiger partial charge in [0.25, 0.3) is 0 Å². The molecule has 0 nitrogen and oxygen atoms in total. The first-order valence-corrected chi connectivity index (χ1v) is 17.6. The highest BCUT2D eigenvalue weighted by Gasteiger charge is 2.23. The monoisotopic (exact) mass is 576 g/mol. The highest BCUT2D eigenvalue weighted by Crippen LogP contribution is 2.37. The fraction of sp³-hybridized carbons (Fsp3) is 0.100.